The minimum atomic E-state index is -4.74. The van der Waals surface area contributed by atoms with Crippen molar-refractivity contribution in [2.75, 3.05) is 0 Å². The molecule has 22 heteroatoms. The molecule has 2 aliphatic rings. The van der Waals surface area contributed by atoms with Crippen LogP contribution in [0.1, 0.15) is 36.2 Å². The van der Waals surface area contributed by atoms with Crippen molar-refractivity contribution in [3.8, 4) is 45.9 Å². The predicted molar refractivity (Wildman–Crippen MR) is 174 cm³/mol. The van der Waals surface area contributed by atoms with Gasteiger partial charge in [-0.05, 0) is 47.5 Å². The lowest BCUT2D eigenvalue weighted by Gasteiger charge is -2.11. The van der Waals surface area contributed by atoms with Gasteiger partial charge in [0.25, 0.3) is 0 Å². The zero-order chi connectivity index (χ0) is 39.1. The van der Waals surface area contributed by atoms with Crippen LogP contribution in [0.15, 0.2) is 117 Å². The van der Waals surface area contributed by atoms with E-state index in [0.29, 0.717) is 70.2 Å². The number of halogens is 6. The summed E-state index contributed by atoms with van der Waals surface area (Å²) in [4.78, 5) is 18.7. The Morgan fingerprint density at radius 1 is 0.536 bits per heavy atom. The molecule has 0 N–H and O–H groups in total. The van der Waals surface area contributed by atoms with Crippen LogP contribution in [-0.2, 0) is 9.68 Å². The van der Waals surface area contributed by atoms with Crippen LogP contribution in [0.2, 0.25) is 0 Å². The van der Waals surface area contributed by atoms with Gasteiger partial charge in [0, 0.05) is 12.4 Å². The quantitative estimate of drug-likeness (QED) is 0.136. The van der Waals surface area contributed by atoms with Crippen LogP contribution in [0.3, 0.4) is 0 Å². The Morgan fingerprint density at radius 3 is 1.30 bits per heavy atom. The Balaban J connectivity index is 0.000000172. The van der Waals surface area contributed by atoms with Crippen LogP contribution in [-0.4, -0.2) is 54.9 Å². The van der Waals surface area contributed by atoms with Crippen LogP contribution in [0, 0.1) is 0 Å². The van der Waals surface area contributed by atoms with Crippen LogP contribution >= 0.6 is 0 Å². The number of nitrogens with zero attached hydrogens (tertiary/aromatic N) is 8. The average molecular weight is 785 g/mol. The molecule has 16 nitrogen and oxygen atoms in total. The smallest absolute Gasteiger partial charge is 0.438 e. The van der Waals surface area contributed by atoms with Gasteiger partial charge in [0.05, 0.1) is 36.4 Å². The number of alkyl halides is 6. The van der Waals surface area contributed by atoms with Crippen molar-refractivity contribution >= 4 is 11.8 Å². The standard InChI is InChI=1S/2C17H11F3N4O4/c2*18-17(19,20)27-12-3-1-10(2-4-12)14-6-15(24-28-14)26-13-5-11(7-21-8-13)16-23-22-9-25-16/h2*1-5,7-9,14H,6H2/t2*14-/m10/s1. The lowest BCUT2D eigenvalue weighted by Crippen LogP contribution is -2.17. The summed E-state index contributed by atoms with van der Waals surface area (Å²) in [6, 6.07) is 14.0. The third-order valence-corrected chi connectivity index (χ3v) is 7.37. The molecule has 56 heavy (non-hydrogen) atoms. The van der Waals surface area contributed by atoms with Gasteiger partial charge in [-0.2, -0.15) is 0 Å². The number of aromatic nitrogens is 6. The molecule has 0 aliphatic carbocycles. The number of hydrogen-bond acceptors (Lipinski definition) is 16. The number of hydrogen-bond donors (Lipinski definition) is 0. The number of ether oxygens (including phenoxy) is 4. The van der Waals surface area contributed by atoms with E-state index in [4.69, 9.17) is 28.0 Å². The van der Waals surface area contributed by atoms with Crippen molar-refractivity contribution in [3.63, 3.8) is 0 Å². The van der Waals surface area contributed by atoms with E-state index in [9.17, 15) is 26.3 Å². The molecule has 6 heterocycles. The molecular weight excluding hydrogens is 762 g/mol. The Kier molecular flexibility index (Phi) is 10.6. The Morgan fingerprint density at radius 2 is 0.946 bits per heavy atom. The summed E-state index contributed by atoms with van der Waals surface area (Å²) in [7, 11) is 0. The largest absolute Gasteiger partial charge is 0.573 e. The van der Waals surface area contributed by atoms with Crippen molar-refractivity contribution in [2.24, 2.45) is 10.3 Å². The molecule has 8 rings (SSSR count). The molecule has 2 aliphatic heterocycles. The normalized spacial score (nSPS) is 16.4. The third-order valence-electron chi connectivity index (χ3n) is 7.37. The van der Waals surface area contributed by atoms with Gasteiger partial charge in [-0.3, -0.25) is 9.97 Å². The van der Waals surface area contributed by atoms with Crippen molar-refractivity contribution < 1.29 is 63.8 Å². The molecule has 0 bridgehead atoms. The summed E-state index contributed by atoms with van der Waals surface area (Å²) >= 11 is 0. The molecule has 4 aromatic heterocycles. The number of rotatable bonds is 8. The number of pyridine rings is 2. The van der Waals surface area contributed by atoms with Gasteiger partial charge in [-0.1, -0.05) is 34.6 Å². The van der Waals surface area contributed by atoms with Crippen molar-refractivity contribution in [2.45, 2.75) is 37.8 Å². The maximum atomic E-state index is 12.2. The lowest BCUT2D eigenvalue weighted by molar-refractivity contribution is -0.275. The molecular formula is C34H22F6N8O8. The molecule has 0 amide bonds. The Bertz CT molecular complexity index is 2110. The van der Waals surface area contributed by atoms with Crippen molar-refractivity contribution in [1.82, 2.24) is 30.4 Å². The van der Waals surface area contributed by atoms with Crippen LogP contribution in [0.5, 0.6) is 23.0 Å². The van der Waals surface area contributed by atoms with Gasteiger partial charge in [0.15, 0.2) is 12.2 Å². The average Bonchev–Trinajstić information content (AvgIpc) is 4.01. The van der Waals surface area contributed by atoms with Gasteiger partial charge in [0.1, 0.15) is 23.0 Å². The van der Waals surface area contributed by atoms with E-state index in [2.05, 4.69) is 50.1 Å². The van der Waals surface area contributed by atoms with Gasteiger partial charge in [-0.25, -0.2) is 0 Å². The molecule has 0 saturated heterocycles. The molecule has 0 fully saturated rings. The fourth-order valence-electron chi connectivity index (χ4n) is 5.01. The highest BCUT2D eigenvalue weighted by Crippen LogP contribution is 2.33. The molecule has 2 aromatic carbocycles. The van der Waals surface area contributed by atoms with Crippen LogP contribution in [0.25, 0.3) is 22.9 Å². The minimum Gasteiger partial charge on any atom is -0.438 e. The topological polar surface area (TPSA) is 184 Å². The second kappa shape index (κ2) is 16.0. The van der Waals surface area contributed by atoms with Crippen molar-refractivity contribution in [1.29, 1.82) is 0 Å². The van der Waals surface area contributed by atoms with Gasteiger partial charge < -0.3 is 37.5 Å². The lowest BCUT2D eigenvalue weighted by atomic mass is 10.1. The highest BCUT2D eigenvalue weighted by atomic mass is 19.4. The number of oxime groups is 2. The molecule has 0 unspecified atom stereocenters. The summed E-state index contributed by atoms with van der Waals surface area (Å²) < 4.78 is 103. The first-order chi connectivity index (χ1) is 26.9. The first-order valence-electron chi connectivity index (χ1n) is 15.9. The highest BCUT2D eigenvalue weighted by molar-refractivity contribution is 5.80. The van der Waals surface area contributed by atoms with Gasteiger partial charge in [-0.15, -0.1) is 46.7 Å². The first-order valence-corrected chi connectivity index (χ1v) is 15.9. The summed E-state index contributed by atoms with van der Waals surface area (Å²) in [6.45, 7) is 0. The molecule has 2 atom stereocenters. The number of benzene rings is 2. The van der Waals surface area contributed by atoms with E-state index >= 15 is 0 Å². The highest BCUT2D eigenvalue weighted by Gasteiger charge is 2.33. The fraction of sp³-hybridized carbons (Fsp3) is 0.176. The monoisotopic (exact) mass is 784 g/mol. The molecule has 0 saturated carbocycles. The predicted octanol–water partition coefficient (Wildman–Crippen LogP) is 7.77. The zero-order valence-corrected chi connectivity index (χ0v) is 27.9. The minimum absolute atomic E-state index is 0.293. The van der Waals surface area contributed by atoms with E-state index in [1.165, 1.54) is 73.7 Å². The Hall–Kier alpha value is -7.26. The summed E-state index contributed by atoms with van der Waals surface area (Å²) in [5, 5.41) is 22.5. The summed E-state index contributed by atoms with van der Waals surface area (Å²) in [6.07, 6.45) is -1.39. The molecule has 6 aromatic rings. The van der Waals surface area contributed by atoms with Crippen LogP contribution in [0.4, 0.5) is 26.3 Å². The van der Waals surface area contributed by atoms with Gasteiger partial charge >= 0.3 is 12.7 Å². The molecule has 288 valence electrons. The maximum Gasteiger partial charge on any atom is 0.573 e. The van der Waals surface area contributed by atoms with E-state index in [1.54, 1.807) is 24.5 Å². The van der Waals surface area contributed by atoms with E-state index in [0.717, 1.165) is 0 Å². The van der Waals surface area contributed by atoms with Crippen molar-refractivity contribution in [3.05, 3.63) is 109 Å². The molecule has 0 radical (unpaired) electrons. The third kappa shape index (κ3) is 10.0. The second-order valence-electron chi connectivity index (χ2n) is 11.3. The summed E-state index contributed by atoms with van der Waals surface area (Å²) in [5.41, 5.74) is 2.42. The van der Waals surface area contributed by atoms with E-state index < -0.39 is 24.9 Å². The van der Waals surface area contributed by atoms with E-state index in [-0.39, 0.29) is 11.5 Å². The second-order valence-corrected chi connectivity index (χ2v) is 11.3. The van der Waals surface area contributed by atoms with E-state index in [1.807, 2.05) is 0 Å². The van der Waals surface area contributed by atoms with Crippen LogP contribution < -0.4 is 18.9 Å². The van der Waals surface area contributed by atoms with Gasteiger partial charge in [0.2, 0.25) is 36.4 Å². The molecule has 0 spiro atoms. The summed E-state index contributed by atoms with van der Waals surface area (Å²) in [5.74, 6) is 1.35. The maximum absolute atomic E-state index is 12.2. The first kappa shape index (κ1) is 37.1. The Labute approximate surface area is 309 Å². The zero-order valence-electron chi connectivity index (χ0n) is 27.9. The SMILES string of the molecule is FC(F)(F)Oc1ccc([C@@H]2CC(Oc3cncc(-c4nnco4)c3)=NO2)cc1.FC(F)(F)Oc1ccc([C@H]2CC(Oc3cncc(-c4nnco4)c3)=NO2)cc1. The fourth-order valence-corrected chi connectivity index (χ4v) is 5.01.